The molecule has 2 rings (SSSR count). The normalized spacial score (nSPS) is 19.9. The minimum absolute atomic E-state index is 0.198. The number of alkyl carbamates (subject to hydrolysis) is 1. The summed E-state index contributed by atoms with van der Waals surface area (Å²) in [6.07, 6.45) is 2.90. The maximum absolute atomic E-state index is 11.6. The van der Waals surface area contributed by atoms with E-state index in [0.717, 1.165) is 24.4 Å². The summed E-state index contributed by atoms with van der Waals surface area (Å²) in [5.41, 5.74) is -0.512. The van der Waals surface area contributed by atoms with Gasteiger partial charge in [0.25, 0.3) is 0 Å². The molecule has 2 heterocycles. The zero-order chi connectivity index (χ0) is 15.3. The van der Waals surface area contributed by atoms with E-state index in [1.807, 2.05) is 32.5 Å². The summed E-state index contributed by atoms with van der Waals surface area (Å²) >= 11 is 1.98. The monoisotopic (exact) mass is 313 g/mol. The fourth-order valence-corrected chi connectivity index (χ4v) is 3.16. The quantitative estimate of drug-likeness (QED) is 0.924. The minimum atomic E-state index is -0.512. The lowest BCUT2D eigenvalue weighted by Gasteiger charge is -2.19. The van der Waals surface area contributed by atoms with Crippen molar-refractivity contribution in [2.45, 2.75) is 58.1 Å². The molecule has 0 saturated carbocycles. The van der Waals surface area contributed by atoms with Gasteiger partial charge in [0, 0.05) is 5.92 Å². The summed E-state index contributed by atoms with van der Waals surface area (Å²) in [6, 6.07) is 0. The number of hydrogen-bond acceptors (Lipinski definition) is 6. The lowest BCUT2D eigenvalue weighted by Crippen LogP contribution is -2.32. The number of ether oxygens (including phenoxy) is 1. The highest BCUT2D eigenvalue weighted by atomic mass is 32.2. The molecule has 21 heavy (non-hydrogen) atoms. The molecule has 0 spiro atoms. The van der Waals surface area contributed by atoms with Crippen molar-refractivity contribution < 1.29 is 14.1 Å². The van der Waals surface area contributed by atoms with Crippen LogP contribution in [0.5, 0.6) is 0 Å². The first-order valence-corrected chi connectivity index (χ1v) is 8.46. The van der Waals surface area contributed by atoms with Crippen LogP contribution in [0.1, 0.15) is 57.7 Å². The minimum Gasteiger partial charge on any atom is -0.444 e. The molecule has 118 valence electrons. The van der Waals surface area contributed by atoms with Crippen molar-refractivity contribution in [2.24, 2.45) is 0 Å². The highest BCUT2D eigenvalue weighted by Gasteiger charge is 2.21. The van der Waals surface area contributed by atoms with Crippen LogP contribution in [-0.2, 0) is 11.3 Å². The van der Waals surface area contributed by atoms with Gasteiger partial charge in [0.15, 0.2) is 5.82 Å². The fourth-order valence-electron chi connectivity index (χ4n) is 2.13. The number of aromatic nitrogens is 2. The van der Waals surface area contributed by atoms with Crippen molar-refractivity contribution in [3.05, 3.63) is 11.7 Å². The van der Waals surface area contributed by atoms with Crippen molar-refractivity contribution in [2.75, 3.05) is 11.5 Å². The number of nitrogens with zero attached hydrogens (tertiary/aromatic N) is 2. The Labute approximate surface area is 129 Å². The van der Waals surface area contributed by atoms with Gasteiger partial charge in [-0.3, -0.25) is 0 Å². The summed E-state index contributed by atoms with van der Waals surface area (Å²) in [6.45, 7) is 5.66. The summed E-state index contributed by atoms with van der Waals surface area (Å²) in [4.78, 5) is 15.9. The maximum Gasteiger partial charge on any atom is 0.408 e. The van der Waals surface area contributed by atoms with Crippen LogP contribution in [0.4, 0.5) is 4.79 Å². The summed E-state index contributed by atoms with van der Waals surface area (Å²) < 4.78 is 10.4. The number of hydrogen-bond donors (Lipinski definition) is 1. The molecule has 1 aliphatic heterocycles. The Morgan fingerprint density at radius 3 is 3.00 bits per heavy atom. The van der Waals surface area contributed by atoms with Gasteiger partial charge in [0.2, 0.25) is 5.89 Å². The van der Waals surface area contributed by atoms with Crippen LogP contribution in [0.25, 0.3) is 0 Å². The molecular weight excluding hydrogens is 290 g/mol. The van der Waals surface area contributed by atoms with Crippen LogP contribution in [-0.4, -0.2) is 33.3 Å². The second-order valence-electron chi connectivity index (χ2n) is 6.14. The molecule has 1 aromatic heterocycles. The van der Waals surface area contributed by atoms with Gasteiger partial charge in [-0.1, -0.05) is 5.16 Å². The van der Waals surface area contributed by atoms with Crippen LogP contribution in [0.2, 0.25) is 0 Å². The largest absolute Gasteiger partial charge is 0.444 e. The first-order valence-electron chi connectivity index (χ1n) is 7.31. The average molecular weight is 313 g/mol. The Morgan fingerprint density at radius 2 is 2.24 bits per heavy atom. The zero-order valence-electron chi connectivity index (χ0n) is 12.8. The van der Waals surface area contributed by atoms with E-state index >= 15 is 0 Å². The number of thioether (sulfide) groups is 1. The molecule has 1 aliphatic rings. The first kappa shape index (κ1) is 16.1. The van der Waals surface area contributed by atoms with Crippen molar-refractivity contribution in [3.63, 3.8) is 0 Å². The molecule has 0 bridgehead atoms. The lowest BCUT2D eigenvalue weighted by molar-refractivity contribution is 0.0518. The van der Waals surface area contributed by atoms with E-state index in [2.05, 4.69) is 15.5 Å². The zero-order valence-corrected chi connectivity index (χ0v) is 13.7. The molecule has 6 nitrogen and oxygen atoms in total. The number of carbonyl (C=O) groups excluding carboxylic acids is 1. The van der Waals surface area contributed by atoms with Crippen LogP contribution in [0, 0.1) is 0 Å². The Balaban J connectivity index is 1.84. The predicted molar refractivity (Wildman–Crippen MR) is 81.3 cm³/mol. The van der Waals surface area contributed by atoms with E-state index in [1.54, 1.807) is 0 Å². The third kappa shape index (κ3) is 5.57. The van der Waals surface area contributed by atoms with Gasteiger partial charge >= 0.3 is 6.09 Å². The highest BCUT2D eigenvalue weighted by molar-refractivity contribution is 7.99. The van der Waals surface area contributed by atoms with Gasteiger partial charge in [-0.2, -0.15) is 16.7 Å². The van der Waals surface area contributed by atoms with Gasteiger partial charge in [0.05, 0.1) is 0 Å². The average Bonchev–Trinajstić information content (AvgIpc) is 2.68. The summed E-state index contributed by atoms with van der Waals surface area (Å²) in [5.74, 6) is 3.91. The second kappa shape index (κ2) is 7.15. The van der Waals surface area contributed by atoms with Crippen molar-refractivity contribution in [3.8, 4) is 0 Å². The third-order valence-electron chi connectivity index (χ3n) is 3.08. The van der Waals surface area contributed by atoms with Crippen LogP contribution >= 0.6 is 11.8 Å². The Bertz CT molecular complexity index is 462. The van der Waals surface area contributed by atoms with E-state index in [-0.39, 0.29) is 6.54 Å². The second-order valence-corrected chi connectivity index (χ2v) is 7.37. The van der Waals surface area contributed by atoms with Crippen molar-refractivity contribution >= 4 is 17.9 Å². The van der Waals surface area contributed by atoms with Crippen LogP contribution in [0.3, 0.4) is 0 Å². The van der Waals surface area contributed by atoms with Gasteiger partial charge in [-0.05, 0) is 51.5 Å². The lowest BCUT2D eigenvalue weighted by atomic mass is 10.0. The Kier molecular flexibility index (Phi) is 5.50. The van der Waals surface area contributed by atoms with E-state index < -0.39 is 11.7 Å². The van der Waals surface area contributed by atoms with E-state index in [4.69, 9.17) is 9.26 Å². The third-order valence-corrected chi connectivity index (χ3v) is 4.19. The van der Waals surface area contributed by atoms with Gasteiger partial charge in [-0.25, -0.2) is 4.79 Å². The summed E-state index contributed by atoms with van der Waals surface area (Å²) in [5, 5.41) is 6.67. The van der Waals surface area contributed by atoms with Crippen molar-refractivity contribution in [1.82, 2.24) is 15.5 Å². The topological polar surface area (TPSA) is 77.2 Å². The van der Waals surface area contributed by atoms with Gasteiger partial charge in [-0.15, -0.1) is 0 Å². The summed E-state index contributed by atoms with van der Waals surface area (Å²) in [7, 11) is 0. The predicted octanol–water partition coefficient (Wildman–Crippen LogP) is 3.10. The molecule has 1 N–H and O–H groups in total. The van der Waals surface area contributed by atoms with Crippen LogP contribution in [0.15, 0.2) is 4.52 Å². The number of rotatable bonds is 3. The smallest absolute Gasteiger partial charge is 0.408 e. The van der Waals surface area contributed by atoms with Crippen molar-refractivity contribution in [1.29, 1.82) is 0 Å². The molecule has 0 aromatic carbocycles. The Hall–Kier alpha value is -1.24. The molecular formula is C14H23N3O3S. The maximum atomic E-state index is 11.6. The molecule has 1 fully saturated rings. The standard InChI is InChI=1S/C14H23N3O3S/c1-14(2,3)19-13(18)15-9-11-16-12(17-20-11)10-5-4-7-21-8-6-10/h10H,4-9H2,1-3H3,(H,15,18)/t10-/m1/s1. The van der Waals surface area contributed by atoms with Crippen LogP contribution < -0.4 is 5.32 Å². The number of carbonyl (C=O) groups is 1. The molecule has 7 heteroatoms. The highest BCUT2D eigenvalue weighted by Crippen LogP contribution is 2.28. The molecule has 1 aromatic rings. The molecule has 0 aliphatic carbocycles. The van der Waals surface area contributed by atoms with Gasteiger partial charge < -0.3 is 14.6 Å². The number of amides is 1. The molecule has 1 saturated heterocycles. The fraction of sp³-hybridized carbons (Fsp3) is 0.786. The van der Waals surface area contributed by atoms with E-state index in [1.165, 1.54) is 12.2 Å². The van der Waals surface area contributed by atoms with E-state index in [9.17, 15) is 4.79 Å². The SMILES string of the molecule is CC(C)(C)OC(=O)NCc1nc([C@@H]2CCCSCC2)no1. The van der Waals surface area contributed by atoms with E-state index in [0.29, 0.717) is 11.8 Å². The van der Waals surface area contributed by atoms with Gasteiger partial charge in [0.1, 0.15) is 12.1 Å². The molecule has 0 radical (unpaired) electrons. The Morgan fingerprint density at radius 1 is 1.43 bits per heavy atom. The number of nitrogens with one attached hydrogen (secondary N) is 1. The first-order chi connectivity index (χ1) is 9.94. The molecule has 1 amide bonds. The molecule has 1 atom stereocenters. The molecule has 0 unspecified atom stereocenters.